The van der Waals surface area contributed by atoms with Crippen molar-refractivity contribution < 1.29 is 4.79 Å². The van der Waals surface area contributed by atoms with Crippen LogP contribution < -0.4 is 11.1 Å². The normalized spacial score (nSPS) is 18.6. The van der Waals surface area contributed by atoms with Crippen LogP contribution in [-0.2, 0) is 4.79 Å². The summed E-state index contributed by atoms with van der Waals surface area (Å²) in [5.41, 5.74) is 5.90. The molecule has 1 atom stereocenters. The molecule has 1 aliphatic carbocycles. The van der Waals surface area contributed by atoms with Crippen LogP contribution in [0.15, 0.2) is 17.5 Å². The Kier molecular flexibility index (Phi) is 5.18. The van der Waals surface area contributed by atoms with Gasteiger partial charge in [-0.05, 0) is 50.3 Å². The van der Waals surface area contributed by atoms with E-state index in [0.717, 1.165) is 12.8 Å². The lowest BCUT2D eigenvalue weighted by Crippen LogP contribution is -2.43. The Hall–Kier alpha value is -0.910. The number of likely N-dealkylation sites (N-methyl/N-ethyl adjacent to an activating group) is 1. The maximum atomic E-state index is 12.1. The van der Waals surface area contributed by atoms with Gasteiger partial charge in [-0.1, -0.05) is 12.5 Å². The van der Waals surface area contributed by atoms with Gasteiger partial charge in [0.25, 0.3) is 0 Å². The summed E-state index contributed by atoms with van der Waals surface area (Å²) in [4.78, 5) is 15.6. The van der Waals surface area contributed by atoms with Gasteiger partial charge in [-0.25, -0.2) is 0 Å². The third-order valence-corrected chi connectivity index (χ3v) is 5.34. The number of carbonyl (C=O) groups is 1. The first-order chi connectivity index (χ1) is 9.56. The first-order valence-electron chi connectivity index (χ1n) is 7.23. The van der Waals surface area contributed by atoms with Gasteiger partial charge >= 0.3 is 0 Å². The summed E-state index contributed by atoms with van der Waals surface area (Å²) >= 11 is 1.73. The van der Waals surface area contributed by atoms with Gasteiger partial charge < -0.3 is 16.0 Å². The van der Waals surface area contributed by atoms with E-state index in [1.54, 1.807) is 11.3 Å². The zero-order valence-corrected chi connectivity index (χ0v) is 13.2. The number of carbonyl (C=O) groups excluding carboxylic acids is 1. The van der Waals surface area contributed by atoms with E-state index >= 15 is 0 Å². The number of hydrogen-bond acceptors (Lipinski definition) is 4. The number of nitrogens with zero attached hydrogens (tertiary/aromatic N) is 1. The first-order valence-corrected chi connectivity index (χ1v) is 8.11. The molecule has 4 nitrogen and oxygen atoms in total. The summed E-state index contributed by atoms with van der Waals surface area (Å²) in [7, 11) is 4.09. The number of amides is 1. The van der Waals surface area contributed by atoms with Crippen LogP contribution in [-0.4, -0.2) is 38.0 Å². The average molecular weight is 295 g/mol. The zero-order chi connectivity index (χ0) is 14.6. The second kappa shape index (κ2) is 6.70. The van der Waals surface area contributed by atoms with E-state index in [-0.39, 0.29) is 17.4 Å². The Morgan fingerprint density at radius 1 is 1.55 bits per heavy atom. The predicted molar refractivity (Wildman–Crippen MR) is 83.7 cm³/mol. The van der Waals surface area contributed by atoms with E-state index in [1.165, 1.54) is 11.3 Å². The molecule has 5 heteroatoms. The third-order valence-electron chi connectivity index (χ3n) is 4.37. The van der Waals surface area contributed by atoms with Gasteiger partial charge in [0.15, 0.2) is 0 Å². The maximum Gasteiger partial charge on any atom is 0.220 e. The van der Waals surface area contributed by atoms with Crippen LogP contribution >= 0.6 is 11.3 Å². The fourth-order valence-electron chi connectivity index (χ4n) is 2.76. The fourth-order valence-corrected chi connectivity index (χ4v) is 3.68. The summed E-state index contributed by atoms with van der Waals surface area (Å²) < 4.78 is 0. The molecule has 0 aromatic carbocycles. The van der Waals surface area contributed by atoms with Gasteiger partial charge in [0, 0.05) is 17.8 Å². The first kappa shape index (κ1) is 15.5. The van der Waals surface area contributed by atoms with Gasteiger partial charge in [-0.15, -0.1) is 11.3 Å². The van der Waals surface area contributed by atoms with Crippen LogP contribution in [0.1, 0.15) is 36.6 Å². The van der Waals surface area contributed by atoms with Crippen molar-refractivity contribution in [1.29, 1.82) is 0 Å². The summed E-state index contributed by atoms with van der Waals surface area (Å²) in [6.45, 7) is 1.29. The highest BCUT2D eigenvalue weighted by atomic mass is 32.1. The highest BCUT2D eigenvalue weighted by molar-refractivity contribution is 7.10. The lowest BCUT2D eigenvalue weighted by atomic mass is 9.66. The van der Waals surface area contributed by atoms with Gasteiger partial charge in [-0.2, -0.15) is 0 Å². The molecule has 112 valence electrons. The van der Waals surface area contributed by atoms with Crippen LogP contribution in [0.25, 0.3) is 0 Å². The third kappa shape index (κ3) is 3.59. The van der Waals surface area contributed by atoms with Crippen molar-refractivity contribution in [2.45, 2.75) is 31.7 Å². The molecular formula is C15H25N3OS. The molecule has 0 radical (unpaired) electrons. The van der Waals surface area contributed by atoms with E-state index < -0.39 is 0 Å². The molecule has 3 N–H and O–H groups in total. The maximum absolute atomic E-state index is 12.1. The van der Waals surface area contributed by atoms with Crippen LogP contribution in [0, 0.1) is 5.41 Å². The van der Waals surface area contributed by atoms with Crippen LogP contribution in [0.4, 0.5) is 0 Å². The monoisotopic (exact) mass is 295 g/mol. The number of thiophene rings is 1. The lowest BCUT2D eigenvalue weighted by molar-refractivity contribution is -0.124. The van der Waals surface area contributed by atoms with Gasteiger partial charge in [0.2, 0.25) is 5.91 Å². The van der Waals surface area contributed by atoms with E-state index in [1.807, 2.05) is 14.1 Å². The molecule has 1 heterocycles. The van der Waals surface area contributed by atoms with E-state index in [4.69, 9.17) is 5.73 Å². The Labute approximate surface area is 125 Å². The fraction of sp³-hybridized carbons (Fsp3) is 0.667. The molecule has 2 rings (SSSR count). The molecule has 0 saturated heterocycles. The average Bonchev–Trinajstić information content (AvgIpc) is 2.87. The van der Waals surface area contributed by atoms with Crippen LogP contribution in [0.3, 0.4) is 0 Å². The zero-order valence-electron chi connectivity index (χ0n) is 12.4. The molecule has 20 heavy (non-hydrogen) atoms. The smallest absolute Gasteiger partial charge is 0.220 e. The Balaban J connectivity index is 1.85. The molecule has 1 saturated carbocycles. The van der Waals surface area contributed by atoms with Gasteiger partial charge in [0.05, 0.1) is 6.04 Å². The van der Waals surface area contributed by atoms with Crippen molar-refractivity contribution in [3.8, 4) is 0 Å². The van der Waals surface area contributed by atoms with Crippen molar-refractivity contribution in [2.24, 2.45) is 11.1 Å². The molecule has 0 bridgehead atoms. The second-order valence-electron chi connectivity index (χ2n) is 6.03. The van der Waals surface area contributed by atoms with Crippen molar-refractivity contribution >= 4 is 17.2 Å². The van der Waals surface area contributed by atoms with Crippen molar-refractivity contribution in [3.63, 3.8) is 0 Å². The van der Waals surface area contributed by atoms with E-state index in [9.17, 15) is 4.79 Å². The number of nitrogens with one attached hydrogen (secondary N) is 1. The largest absolute Gasteiger partial charge is 0.354 e. The Morgan fingerprint density at radius 2 is 2.30 bits per heavy atom. The molecule has 0 spiro atoms. The number of nitrogens with two attached hydrogens (primary N) is 1. The summed E-state index contributed by atoms with van der Waals surface area (Å²) in [5.74, 6) is 0.138. The van der Waals surface area contributed by atoms with Crippen LogP contribution in [0.5, 0.6) is 0 Å². The van der Waals surface area contributed by atoms with Crippen molar-refractivity contribution in [3.05, 3.63) is 22.4 Å². The minimum absolute atomic E-state index is 0.0840. The highest BCUT2D eigenvalue weighted by Gasteiger charge is 2.37. The Morgan fingerprint density at radius 3 is 2.75 bits per heavy atom. The summed E-state index contributed by atoms with van der Waals surface area (Å²) in [6.07, 6.45) is 3.98. The Bertz CT molecular complexity index is 421. The molecule has 1 aliphatic rings. The highest BCUT2D eigenvalue weighted by Crippen LogP contribution is 2.42. The molecule has 1 aromatic heterocycles. The SMILES string of the molecule is CN(C)C(CNC(=O)CC1(CN)CCC1)c1cccs1. The second-order valence-corrected chi connectivity index (χ2v) is 7.01. The van der Waals surface area contributed by atoms with E-state index in [0.29, 0.717) is 19.5 Å². The molecule has 1 amide bonds. The van der Waals surface area contributed by atoms with Gasteiger partial charge in [-0.3, -0.25) is 4.79 Å². The minimum atomic E-state index is 0.0840. The van der Waals surface area contributed by atoms with Gasteiger partial charge in [0.1, 0.15) is 0 Å². The molecule has 0 aliphatic heterocycles. The van der Waals surface area contributed by atoms with Crippen molar-refractivity contribution in [1.82, 2.24) is 10.2 Å². The minimum Gasteiger partial charge on any atom is -0.354 e. The number of rotatable bonds is 7. The quantitative estimate of drug-likeness (QED) is 0.809. The van der Waals surface area contributed by atoms with Crippen molar-refractivity contribution in [2.75, 3.05) is 27.2 Å². The lowest BCUT2D eigenvalue weighted by Gasteiger charge is -2.40. The topological polar surface area (TPSA) is 58.4 Å². The molecule has 1 aromatic rings. The molecule has 1 unspecified atom stereocenters. The number of hydrogen-bond donors (Lipinski definition) is 2. The molecular weight excluding hydrogens is 270 g/mol. The molecule has 1 fully saturated rings. The standard InChI is InChI=1S/C15H25N3OS/c1-18(2)12(13-5-3-8-20-13)10-17-14(19)9-15(11-16)6-4-7-15/h3,5,8,12H,4,6-7,9-11,16H2,1-2H3,(H,17,19). The predicted octanol–water partition coefficient (Wildman–Crippen LogP) is 1.99. The van der Waals surface area contributed by atoms with Crippen LogP contribution in [0.2, 0.25) is 0 Å². The summed E-state index contributed by atoms with van der Waals surface area (Å²) in [6, 6.07) is 4.42. The summed E-state index contributed by atoms with van der Waals surface area (Å²) in [5, 5.41) is 5.16. The van der Waals surface area contributed by atoms with E-state index in [2.05, 4.69) is 27.7 Å².